The van der Waals surface area contributed by atoms with Crippen molar-refractivity contribution >= 4 is 9.84 Å². The van der Waals surface area contributed by atoms with Crippen molar-refractivity contribution in [2.45, 2.75) is 13.0 Å². The van der Waals surface area contributed by atoms with Crippen molar-refractivity contribution in [2.24, 2.45) is 5.92 Å². The number of nitrogens with one attached hydrogen (secondary N) is 1. The van der Waals surface area contributed by atoms with Crippen molar-refractivity contribution < 1.29 is 8.42 Å². The number of nitrogens with zero attached hydrogens (tertiary/aromatic N) is 2. The molecule has 1 unspecified atom stereocenters. The fraction of sp³-hybridized carbons (Fsp3) is 0.600. The Morgan fingerprint density at radius 1 is 1.44 bits per heavy atom. The van der Waals surface area contributed by atoms with Gasteiger partial charge in [0.25, 0.3) is 0 Å². The SMILES string of the molecule is O=S1(=O)CCC(CNCc2cnccn2)C1. The Bertz CT molecular complexity index is 433. The van der Waals surface area contributed by atoms with E-state index in [2.05, 4.69) is 15.3 Å². The summed E-state index contributed by atoms with van der Waals surface area (Å²) in [5, 5.41) is 3.21. The van der Waals surface area contributed by atoms with E-state index >= 15 is 0 Å². The van der Waals surface area contributed by atoms with Crippen LogP contribution in [0.3, 0.4) is 0 Å². The van der Waals surface area contributed by atoms with E-state index in [1.54, 1.807) is 18.6 Å². The highest BCUT2D eigenvalue weighted by molar-refractivity contribution is 7.91. The Labute approximate surface area is 95.2 Å². The molecule has 88 valence electrons. The third-order valence-corrected chi connectivity index (χ3v) is 4.52. The van der Waals surface area contributed by atoms with Gasteiger partial charge in [-0.15, -0.1) is 0 Å². The summed E-state index contributed by atoms with van der Waals surface area (Å²) in [5.41, 5.74) is 0.878. The topological polar surface area (TPSA) is 72.0 Å². The summed E-state index contributed by atoms with van der Waals surface area (Å²) in [6, 6.07) is 0. The molecule has 0 aromatic carbocycles. The molecular formula is C10H15N3O2S. The summed E-state index contributed by atoms with van der Waals surface area (Å²) in [4.78, 5) is 8.09. The normalized spacial score (nSPS) is 23.4. The van der Waals surface area contributed by atoms with E-state index in [1.807, 2.05) is 0 Å². The van der Waals surface area contributed by atoms with Gasteiger partial charge in [-0.1, -0.05) is 0 Å². The summed E-state index contributed by atoms with van der Waals surface area (Å²) >= 11 is 0. The van der Waals surface area contributed by atoms with Crippen LogP contribution in [-0.2, 0) is 16.4 Å². The van der Waals surface area contributed by atoms with Gasteiger partial charge in [0, 0.05) is 25.1 Å². The number of rotatable bonds is 4. The highest BCUT2D eigenvalue weighted by atomic mass is 32.2. The van der Waals surface area contributed by atoms with Gasteiger partial charge in [0.15, 0.2) is 9.84 Å². The first-order valence-electron chi connectivity index (χ1n) is 5.32. The maximum Gasteiger partial charge on any atom is 0.150 e. The second-order valence-corrected chi connectivity index (χ2v) is 6.33. The van der Waals surface area contributed by atoms with Gasteiger partial charge in [-0.05, 0) is 18.9 Å². The van der Waals surface area contributed by atoms with Crippen LogP contribution in [0.2, 0.25) is 0 Å². The predicted octanol–water partition coefficient (Wildman–Crippen LogP) is 0.000900. The number of hydrogen-bond acceptors (Lipinski definition) is 5. The van der Waals surface area contributed by atoms with Gasteiger partial charge in [-0.3, -0.25) is 9.97 Å². The molecule has 1 aliphatic rings. The lowest BCUT2D eigenvalue weighted by atomic mass is 10.1. The summed E-state index contributed by atoms with van der Waals surface area (Å²) in [6.45, 7) is 1.38. The minimum absolute atomic E-state index is 0.252. The lowest BCUT2D eigenvalue weighted by Crippen LogP contribution is -2.23. The van der Waals surface area contributed by atoms with Crippen LogP contribution in [0.15, 0.2) is 18.6 Å². The first kappa shape index (κ1) is 11.5. The summed E-state index contributed by atoms with van der Waals surface area (Å²) in [6.07, 6.45) is 5.76. The molecule has 5 nitrogen and oxygen atoms in total. The molecule has 0 radical (unpaired) electrons. The van der Waals surface area contributed by atoms with Gasteiger partial charge >= 0.3 is 0 Å². The van der Waals surface area contributed by atoms with Gasteiger partial charge < -0.3 is 5.32 Å². The van der Waals surface area contributed by atoms with Crippen LogP contribution in [0.4, 0.5) is 0 Å². The van der Waals surface area contributed by atoms with E-state index in [4.69, 9.17) is 0 Å². The van der Waals surface area contributed by atoms with Gasteiger partial charge in [-0.25, -0.2) is 8.42 Å². The third kappa shape index (κ3) is 3.24. The van der Waals surface area contributed by atoms with Crippen molar-refractivity contribution in [1.82, 2.24) is 15.3 Å². The molecule has 0 saturated carbocycles. The van der Waals surface area contributed by atoms with Gasteiger partial charge in [0.1, 0.15) is 0 Å². The molecule has 2 rings (SSSR count). The Morgan fingerprint density at radius 2 is 2.31 bits per heavy atom. The fourth-order valence-electron chi connectivity index (χ4n) is 1.86. The predicted molar refractivity (Wildman–Crippen MR) is 60.5 cm³/mol. The first-order valence-corrected chi connectivity index (χ1v) is 7.14. The second-order valence-electron chi connectivity index (χ2n) is 4.10. The average Bonchev–Trinajstić information content (AvgIpc) is 2.60. The monoisotopic (exact) mass is 241 g/mol. The molecular weight excluding hydrogens is 226 g/mol. The van der Waals surface area contributed by atoms with Crippen LogP contribution < -0.4 is 5.32 Å². The summed E-state index contributed by atoms with van der Waals surface area (Å²) in [7, 11) is -2.76. The summed E-state index contributed by atoms with van der Waals surface area (Å²) < 4.78 is 22.4. The number of aromatic nitrogens is 2. The minimum atomic E-state index is -2.76. The molecule has 1 N–H and O–H groups in total. The standard InChI is InChI=1S/C10H15N3O2S/c14-16(15)4-1-9(8-16)5-12-7-10-6-11-2-3-13-10/h2-3,6,9,12H,1,4-5,7-8H2. The van der Waals surface area contributed by atoms with E-state index < -0.39 is 9.84 Å². The van der Waals surface area contributed by atoms with Gasteiger partial charge in [0.05, 0.1) is 17.2 Å². The smallest absolute Gasteiger partial charge is 0.150 e. The molecule has 16 heavy (non-hydrogen) atoms. The van der Waals surface area contributed by atoms with Gasteiger partial charge in [0.2, 0.25) is 0 Å². The van der Waals surface area contributed by atoms with E-state index in [1.165, 1.54) is 0 Å². The Hall–Kier alpha value is -1.01. The van der Waals surface area contributed by atoms with E-state index in [0.29, 0.717) is 18.1 Å². The molecule has 0 spiro atoms. The molecule has 1 aromatic heterocycles. The fourth-order valence-corrected chi connectivity index (χ4v) is 3.72. The molecule has 1 saturated heterocycles. The van der Waals surface area contributed by atoms with Crippen LogP contribution in [-0.4, -0.2) is 36.4 Å². The van der Waals surface area contributed by atoms with Crippen LogP contribution in [0, 0.1) is 5.92 Å². The lowest BCUT2D eigenvalue weighted by Gasteiger charge is -2.08. The zero-order valence-corrected chi connectivity index (χ0v) is 9.78. The molecule has 1 aliphatic heterocycles. The highest BCUT2D eigenvalue weighted by Crippen LogP contribution is 2.17. The quantitative estimate of drug-likeness (QED) is 0.803. The number of hydrogen-bond donors (Lipinski definition) is 1. The van der Waals surface area contributed by atoms with Crippen molar-refractivity contribution in [3.05, 3.63) is 24.3 Å². The minimum Gasteiger partial charge on any atom is -0.311 e. The molecule has 0 aliphatic carbocycles. The average molecular weight is 241 g/mol. The zero-order valence-electron chi connectivity index (χ0n) is 8.96. The molecule has 2 heterocycles. The van der Waals surface area contributed by atoms with Gasteiger partial charge in [-0.2, -0.15) is 0 Å². The molecule has 0 bridgehead atoms. The van der Waals surface area contributed by atoms with E-state index in [-0.39, 0.29) is 5.92 Å². The Balaban J connectivity index is 1.74. The van der Waals surface area contributed by atoms with Crippen molar-refractivity contribution in [3.63, 3.8) is 0 Å². The Morgan fingerprint density at radius 3 is 2.94 bits per heavy atom. The number of sulfone groups is 1. The molecule has 1 atom stereocenters. The maximum absolute atomic E-state index is 11.2. The molecule has 1 aromatic rings. The maximum atomic E-state index is 11.2. The highest BCUT2D eigenvalue weighted by Gasteiger charge is 2.27. The first-order chi connectivity index (χ1) is 7.66. The van der Waals surface area contributed by atoms with Crippen LogP contribution >= 0.6 is 0 Å². The van der Waals surface area contributed by atoms with Crippen molar-refractivity contribution in [2.75, 3.05) is 18.1 Å². The van der Waals surface area contributed by atoms with Crippen LogP contribution in [0.1, 0.15) is 12.1 Å². The van der Waals surface area contributed by atoms with Crippen molar-refractivity contribution in [1.29, 1.82) is 0 Å². The third-order valence-electron chi connectivity index (χ3n) is 2.68. The van der Waals surface area contributed by atoms with Crippen LogP contribution in [0.25, 0.3) is 0 Å². The summed E-state index contributed by atoms with van der Waals surface area (Å²) in [5.74, 6) is 0.909. The second kappa shape index (κ2) is 4.88. The van der Waals surface area contributed by atoms with E-state index in [0.717, 1.165) is 18.7 Å². The largest absolute Gasteiger partial charge is 0.311 e. The van der Waals surface area contributed by atoms with Crippen molar-refractivity contribution in [3.8, 4) is 0 Å². The Kier molecular flexibility index (Phi) is 3.50. The lowest BCUT2D eigenvalue weighted by molar-refractivity contribution is 0.517. The zero-order chi connectivity index (χ0) is 11.4. The van der Waals surface area contributed by atoms with E-state index in [9.17, 15) is 8.42 Å². The molecule has 0 amide bonds. The molecule has 6 heteroatoms. The molecule has 1 fully saturated rings. The van der Waals surface area contributed by atoms with Crippen LogP contribution in [0.5, 0.6) is 0 Å².